The molecule has 2 saturated heterocycles. The van der Waals surface area contributed by atoms with Crippen molar-refractivity contribution in [1.82, 2.24) is 14.9 Å². The summed E-state index contributed by atoms with van der Waals surface area (Å²) >= 11 is 0. The number of nitrogens with one attached hydrogen (secondary N) is 3. The Kier molecular flexibility index (Phi) is 6.22. The van der Waals surface area contributed by atoms with Gasteiger partial charge in [0.15, 0.2) is 9.84 Å². The fourth-order valence-corrected chi connectivity index (χ4v) is 7.58. The number of sulfone groups is 1. The first kappa shape index (κ1) is 23.6. The molecule has 3 N–H and O–H groups in total. The maximum absolute atomic E-state index is 12.6. The number of urea groups is 1. The third-order valence-corrected chi connectivity index (χ3v) is 9.57. The molecule has 4 rings (SSSR count). The molecular formula is C20H26N4O7S2. The number of hydrogen-bond acceptors (Lipinski definition) is 7. The molecule has 1 aromatic rings. The molecule has 1 saturated carbocycles. The number of carbonyl (C=O) groups is 3. The summed E-state index contributed by atoms with van der Waals surface area (Å²) in [6, 6.07) is 4.31. The van der Waals surface area contributed by atoms with E-state index in [1.165, 1.54) is 24.3 Å². The van der Waals surface area contributed by atoms with Gasteiger partial charge in [0, 0.05) is 24.7 Å². The highest BCUT2D eigenvalue weighted by atomic mass is 32.2. The number of hydrogen-bond donors (Lipinski definition) is 3. The number of rotatable bonds is 7. The molecule has 1 aromatic carbocycles. The number of imide groups is 1. The molecule has 0 bridgehead atoms. The van der Waals surface area contributed by atoms with Crippen LogP contribution in [0.3, 0.4) is 0 Å². The summed E-state index contributed by atoms with van der Waals surface area (Å²) in [4.78, 5) is 38.1. The Morgan fingerprint density at radius 1 is 1.15 bits per heavy atom. The molecule has 2 heterocycles. The van der Waals surface area contributed by atoms with Gasteiger partial charge in [-0.15, -0.1) is 0 Å². The Morgan fingerprint density at radius 3 is 2.42 bits per heavy atom. The van der Waals surface area contributed by atoms with Crippen molar-refractivity contribution in [1.29, 1.82) is 0 Å². The van der Waals surface area contributed by atoms with E-state index in [-0.39, 0.29) is 41.7 Å². The minimum atomic E-state index is -3.90. The van der Waals surface area contributed by atoms with E-state index in [2.05, 4.69) is 15.4 Å². The van der Waals surface area contributed by atoms with Crippen LogP contribution in [0.1, 0.15) is 38.5 Å². The Bertz CT molecular complexity index is 1170. The molecule has 1 spiro atoms. The molecule has 11 nitrogen and oxygen atoms in total. The van der Waals surface area contributed by atoms with Gasteiger partial charge in [0.05, 0.1) is 16.4 Å². The average molecular weight is 499 g/mol. The van der Waals surface area contributed by atoms with E-state index >= 15 is 0 Å². The summed E-state index contributed by atoms with van der Waals surface area (Å²) < 4.78 is 50.4. The molecule has 180 valence electrons. The highest BCUT2D eigenvalue weighted by molar-refractivity contribution is 7.92. The highest BCUT2D eigenvalue weighted by Gasteiger charge is 2.52. The minimum Gasteiger partial charge on any atom is -0.326 e. The van der Waals surface area contributed by atoms with Gasteiger partial charge < -0.3 is 10.6 Å². The van der Waals surface area contributed by atoms with Gasteiger partial charge in [-0.25, -0.2) is 26.4 Å². The van der Waals surface area contributed by atoms with Crippen LogP contribution in [0.4, 0.5) is 10.5 Å². The van der Waals surface area contributed by atoms with Crippen LogP contribution in [0.15, 0.2) is 29.2 Å². The van der Waals surface area contributed by atoms with Crippen molar-refractivity contribution in [2.45, 2.75) is 55.0 Å². The van der Waals surface area contributed by atoms with Crippen LogP contribution in [0, 0.1) is 0 Å². The molecule has 4 amide bonds. The zero-order valence-electron chi connectivity index (χ0n) is 17.9. The van der Waals surface area contributed by atoms with Crippen molar-refractivity contribution < 1.29 is 31.2 Å². The van der Waals surface area contributed by atoms with Crippen LogP contribution in [0.5, 0.6) is 0 Å². The highest BCUT2D eigenvalue weighted by Crippen LogP contribution is 2.35. The maximum Gasteiger partial charge on any atom is 0.325 e. The first-order valence-corrected chi connectivity index (χ1v) is 14.1. The number of nitrogens with zero attached hydrogens (tertiary/aromatic N) is 1. The molecule has 0 aromatic heterocycles. The summed E-state index contributed by atoms with van der Waals surface area (Å²) in [5, 5.41) is 5.38. The lowest BCUT2D eigenvalue weighted by atomic mass is 9.98. The Morgan fingerprint density at radius 2 is 1.82 bits per heavy atom. The summed E-state index contributed by atoms with van der Waals surface area (Å²) in [6.45, 7) is -0.0427. The van der Waals surface area contributed by atoms with Crippen molar-refractivity contribution in [2.75, 3.05) is 23.4 Å². The van der Waals surface area contributed by atoms with Gasteiger partial charge in [0.2, 0.25) is 15.9 Å². The predicted octanol–water partition coefficient (Wildman–Crippen LogP) is 0.345. The number of carbonyl (C=O) groups excluding carboxylic acids is 3. The molecule has 33 heavy (non-hydrogen) atoms. The van der Waals surface area contributed by atoms with Gasteiger partial charge in [-0.05, 0) is 43.5 Å². The van der Waals surface area contributed by atoms with Crippen LogP contribution < -0.4 is 15.4 Å². The van der Waals surface area contributed by atoms with E-state index in [0.717, 1.165) is 17.7 Å². The second-order valence-electron chi connectivity index (χ2n) is 8.72. The third-order valence-electron chi connectivity index (χ3n) is 6.27. The van der Waals surface area contributed by atoms with E-state index in [9.17, 15) is 31.2 Å². The summed E-state index contributed by atoms with van der Waals surface area (Å²) in [7, 11) is -7.12. The van der Waals surface area contributed by atoms with Crippen molar-refractivity contribution in [2.24, 2.45) is 0 Å². The fourth-order valence-electron chi connectivity index (χ4n) is 4.53. The van der Waals surface area contributed by atoms with Crippen LogP contribution >= 0.6 is 0 Å². The van der Waals surface area contributed by atoms with E-state index in [1.807, 2.05) is 0 Å². The zero-order valence-corrected chi connectivity index (χ0v) is 19.5. The first-order chi connectivity index (χ1) is 15.5. The third kappa shape index (κ3) is 5.04. The first-order valence-electron chi connectivity index (χ1n) is 10.8. The summed E-state index contributed by atoms with van der Waals surface area (Å²) in [6.07, 6.45) is 3.12. The van der Waals surface area contributed by atoms with Gasteiger partial charge in [-0.2, -0.15) is 0 Å². The van der Waals surface area contributed by atoms with E-state index in [0.29, 0.717) is 18.5 Å². The molecule has 13 heteroatoms. The number of anilines is 1. The molecule has 1 atom stereocenters. The van der Waals surface area contributed by atoms with Crippen molar-refractivity contribution in [3.63, 3.8) is 0 Å². The Labute approximate surface area is 192 Å². The average Bonchev–Trinajstić information content (AvgIpc) is 3.40. The largest absolute Gasteiger partial charge is 0.326 e. The molecular weight excluding hydrogens is 472 g/mol. The molecule has 2 aliphatic heterocycles. The zero-order chi connectivity index (χ0) is 23.9. The second kappa shape index (κ2) is 8.69. The summed E-state index contributed by atoms with van der Waals surface area (Å²) in [5.74, 6) is -0.974. The van der Waals surface area contributed by atoms with Crippen molar-refractivity contribution in [3.8, 4) is 0 Å². The lowest BCUT2D eigenvalue weighted by Crippen LogP contribution is -2.44. The lowest BCUT2D eigenvalue weighted by Gasteiger charge is -2.19. The van der Waals surface area contributed by atoms with Crippen LogP contribution in [-0.4, -0.2) is 69.2 Å². The summed E-state index contributed by atoms with van der Waals surface area (Å²) in [5.41, 5.74) is -0.460. The quantitative estimate of drug-likeness (QED) is 0.457. The SMILES string of the molecule is O=C(CCN1C(=O)NC2(CCCC2)C1=O)Nc1ccc(S(=O)(=O)N[C@H]2CCS(=O)(=O)C2)cc1. The number of sulfonamides is 1. The smallest absolute Gasteiger partial charge is 0.325 e. The fraction of sp³-hybridized carbons (Fsp3) is 0.550. The normalized spacial score (nSPS) is 23.8. The van der Waals surface area contributed by atoms with Gasteiger partial charge in [0.1, 0.15) is 5.54 Å². The predicted molar refractivity (Wildman–Crippen MR) is 119 cm³/mol. The van der Waals surface area contributed by atoms with E-state index in [4.69, 9.17) is 0 Å². The van der Waals surface area contributed by atoms with Gasteiger partial charge >= 0.3 is 6.03 Å². The Balaban J connectivity index is 1.30. The van der Waals surface area contributed by atoms with Crippen LogP contribution in [0.2, 0.25) is 0 Å². The number of amides is 4. The molecule has 0 unspecified atom stereocenters. The lowest BCUT2D eigenvalue weighted by molar-refractivity contribution is -0.131. The van der Waals surface area contributed by atoms with Gasteiger partial charge in [-0.1, -0.05) is 12.8 Å². The van der Waals surface area contributed by atoms with E-state index in [1.54, 1.807) is 0 Å². The van der Waals surface area contributed by atoms with E-state index < -0.39 is 43.4 Å². The van der Waals surface area contributed by atoms with Gasteiger partial charge in [-0.3, -0.25) is 14.5 Å². The van der Waals surface area contributed by atoms with Gasteiger partial charge in [0.25, 0.3) is 5.91 Å². The van der Waals surface area contributed by atoms with Crippen LogP contribution in [0.25, 0.3) is 0 Å². The molecule has 3 fully saturated rings. The minimum absolute atomic E-state index is 0.0427. The van der Waals surface area contributed by atoms with Crippen molar-refractivity contribution >= 4 is 43.4 Å². The van der Waals surface area contributed by atoms with Crippen LogP contribution in [-0.2, 0) is 29.4 Å². The Hall–Kier alpha value is -2.51. The number of benzene rings is 1. The monoisotopic (exact) mass is 498 g/mol. The molecule has 1 aliphatic carbocycles. The topological polar surface area (TPSA) is 159 Å². The second-order valence-corrected chi connectivity index (χ2v) is 12.7. The van der Waals surface area contributed by atoms with Crippen molar-refractivity contribution in [3.05, 3.63) is 24.3 Å². The molecule has 3 aliphatic rings. The maximum atomic E-state index is 12.6. The molecule has 0 radical (unpaired) electrons. The standard InChI is InChI=1S/C20H26N4O7S2/c25-17(7-11-24-18(26)20(22-19(24)27)9-1-2-10-20)21-14-3-5-16(6-4-14)33(30,31)23-15-8-12-32(28,29)13-15/h3-6,15,23H,1-2,7-13H2,(H,21,25)(H,22,27)/t15-/m0/s1.